The molecule has 102 valence electrons. The standard InChI is InChI=1S/C13H15BrClN3O/c1-3-18-13(11(19-2)7-17-18)12(16)9-5-4-8(14)6-10(9)15/h4-7,12H,3,16H2,1-2H3. The largest absolute Gasteiger partial charge is 0.493 e. The Morgan fingerprint density at radius 2 is 2.26 bits per heavy atom. The van der Waals surface area contributed by atoms with Gasteiger partial charge in [0.2, 0.25) is 0 Å². The second kappa shape index (κ2) is 5.94. The van der Waals surface area contributed by atoms with E-state index >= 15 is 0 Å². The number of halogens is 2. The van der Waals surface area contributed by atoms with Crippen molar-refractivity contribution in [1.82, 2.24) is 9.78 Å². The number of benzene rings is 1. The first-order chi connectivity index (χ1) is 9.08. The first kappa shape index (κ1) is 14.4. The topological polar surface area (TPSA) is 53.1 Å². The third-order valence-electron chi connectivity index (χ3n) is 2.96. The molecule has 2 N–H and O–H groups in total. The summed E-state index contributed by atoms with van der Waals surface area (Å²) in [4.78, 5) is 0. The van der Waals surface area contributed by atoms with Crippen LogP contribution in [0, 0.1) is 0 Å². The van der Waals surface area contributed by atoms with E-state index in [2.05, 4.69) is 21.0 Å². The highest BCUT2D eigenvalue weighted by Crippen LogP contribution is 2.33. The molecule has 2 aromatic rings. The van der Waals surface area contributed by atoms with E-state index in [9.17, 15) is 0 Å². The summed E-state index contributed by atoms with van der Waals surface area (Å²) in [5, 5.41) is 4.88. The normalized spacial score (nSPS) is 12.5. The average molecular weight is 345 g/mol. The molecule has 2 rings (SSSR count). The van der Waals surface area contributed by atoms with Gasteiger partial charge in [-0.25, -0.2) is 0 Å². The summed E-state index contributed by atoms with van der Waals surface area (Å²) in [7, 11) is 1.61. The van der Waals surface area contributed by atoms with Crippen molar-refractivity contribution < 1.29 is 4.74 Å². The molecule has 1 heterocycles. The molecule has 0 amide bonds. The van der Waals surface area contributed by atoms with Crippen LogP contribution in [0.2, 0.25) is 5.02 Å². The minimum atomic E-state index is -0.377. The molecular weight excluding hydrogens is 330 g/mol. The fourth-order valence-corrected chi connectivity index (χ4v) is 2.79. The van der Waals surface area contributed by atoms with Gasteiger partial charge in [0.15, 0.2) is 5.75 Å². The van der Waals surface area contributed by atoms with Crippen LogP contribution < -0.4 is 10.5 Å². The highest BCUT2D eigenvalue weighted by molar-refractivity contribution is 9.10. The van der Waals surface area contributed by atoms with E-state index in [1.54, 1.807) is 13.3 Å². The van der Waals surface area contributed by atoms with E-state index in [0.29, 0.717) is 10.8 Å². The van der Waals surface area contributed by atoms with Crippen LogP contribution in [-0.4, -0.2) is 16.9 Å². The van der Waals surface area contributed by atoms with Crippen molar-refractivity contribution in [2.75, 3.05) is 7.11 Å². The lowest BCUT2D eigenvalue weighted by Gasteiger charge is -2.17. The fourth-order valence-electron chi connectivity index (χ4n) is 2.00. The minimum Gasteiger partial charge on any atom is -0.493 e. The van der Waals surface area contributed by atoms with Crippen molar-refractivity contribution in [3.8, 4) is 5.75 Å². The summed E-state index contributed by atoms with van der Waals surface area (Å²) in [6, 6.07) is 5.28. The van der Waals surface area contributed by atoms with Crippen molar-refractivity contribution in [3.63, 3.8) is 0 Å². The molecule has 1 atom stereocenters. The molecule has 0 fully saturated rings. The summed E-state index contributed by atoms with van der Waals surface area (Å²) in [6.07, 6.45) is 1.67. The molecular formula is C13H15BrClN3O. The molecule has 0 aliphatic heterocycles. The molecule has 0 bridgehead atoms. The number of nitrogens with two attached hydrogens (primary N) is 1. The quantitative estimate of drug-likeness (QED) is 0.925. The maximum absolute atomic E-state index is 6.32. The van der Waals surface area contributed by atoms with E-state index < -0.39 is 0 Å². The number of aryl methyl sites for hydroxylation is 1. The molecule has 0 spiro atoms. The van der Waals surface area contributed by atoms with Gasteiger partial charge in [-0.2, -0.15) is 5.10 Å². The van der Waals surface area contributed by atoms with E-state index in [0.717, 1.165) is 22.3 Å². The van der Waals surface area contributed by atoms with Crippen LogP contribution >= 0.6 is 27.5 Å². The number of hydrogen-bond donors (Lipinski definition) is 1. The lowest BCUT2D eigenvalue weighted by Crippen LogP contribution is -2.18. The Bertz CT molecular complexity index is 564. The second-order valence-corrected chi connectivity index (χ2v) is 5.38. The van der Waals surface area contributed by atoms with E-state index in [1.807, 2.05) is 29.8 Å². The van der Waals surface area contributed by atoms with Crippen molar-refractivity contribution in [3.05, 3.63) is 45.1 Å². The lowest BCUT2D eigenvalue weighted by molar-refractivity contribution is 0.404. The minimum absolute atomic E-state index is 0.377. The van der Waals surface area contributed by atoms with Gasteiger partial charge in [0.25, 0.3) is 0 Å². The predicted molar refractivity (Wildman–Crippen MR) is 79.6 cm³/mol. The van der Waals surface area contributed by atoms with Crippen molar-refractivity contribution in [1.29, 1.82) is 0 Å². The Kier molecular flexibility index (Phi) is 4.50. The van der Waals surface area contributed by atoms with Crippen LogP contribution in [-0.2, 0) is 6.54 Å². The van der Waals surface area contributed by atoms with E-state index in [1.165, 1.54) is 0 Å². The molecule has 1 unspecified atom stereocenters. The lowest BCUT2D eigenvalue weighted by atomic mass is 10.0. The molecule has 0 saturated carbocycles. The van der Waals surface area contributed by atoms with Gasteiger partial charge in [-0.05, 0) is 24.6 Å². The van der Waals surface area contributed by atoms with Crippen LogP contribution in [0.15, 0.2) is 28.9 Å². The number of nitrogens with zero attached hydrogens (tertiary/aromatic N) is 2. The fraction of sp³-hybridized carbons (Fsp3) is 0.308. The zero-order valence-corrected chi connectivity index (χ0v) is 13.1. The van der Waals surface area contributed by atoms with Gasteiger partial charge in [0.05, 0.1) is 19.3 Å². The molecule has 0 aliphatic carbocycles. The van der Waals surface area contributed by atoms with Gasteiger partial charge in [-0.15, -0.1) is 0 Å². The summed E-state index contributed by atoms with van der Waals surface area (Å²) in [5.41, 5.74) is 8.00. The Labute approximate surface area is 125 Å². The van der Waals surface area contributed by atoms with Crippen LogP contribution in [0.5, 0.6) is 5.75 Å². The van der Waals surface area contributed by atoms with E-state index in [-0.39, 0.29) is 6.04 Å². The molecule has 0 radical (unpaired) electrons. The van der Waals surface area contributed by atoms with Gasteiger partial charge in [0, 0.05) is 16.0 Å². The zero-order chi connectivity index (χ0) is 14.0. The molecule has 0 saturated heterocycles. The predicted octanol–water partition coefficient (Wildman–Crippen LogP) is 3.38. The number of ether oxygens (including phenoxy) is 1. The van der Waals surface area contributed by atoms with Crippen molar-refractivity contribution in [2.24, 2.45) is 5.73 Å². The van der Waals surface area contributed by atoms with Gasteiger partial charge >= 0.3 is 0 Å². The summed E-state index contributed by atoms with van der Waals surface area (Å²) < 4.78 is 8.06. The van der Waals surface area contributed by atoms with Gasteiger partial charge < -0.3 is 10.5 Å². The summed E-state index contributed by atoms with van der Waals surface area (Å²) in [5.74, 6) is 0.674. The monoisotopic (exact) mass is 343 g/mol. The third-order valence-corrected chi connectivity index (χ3v) is 3.78. The number of aromatic nitrogens is 2. The maximum atomic E-state index is 6.32. The Morgan fingerprint density at radius 1 is 1.53 bits per heavy atom. The molecule has 1 aromatic carbocycles. The summed E-state index contributed by atoms with van der Waals surface area (Å²) >= 11 is 9.63. The number of rotatable bonds is 4. The Hall–Kier alpha value is -1.04. The van der Waals surface area contributed by atoms with Gasteiger partial charge in [-0.1, -0.05) is 33.6 Å². The smallest absolute Gasteiger partial charge is 0.161 e. The average Bonchev–Trinajstić information content (AvgIpc) is 2.80. The van der Waals surface area contributed by atoms with Crippen LogP contribution in [0.3, 0.4) is 0 Å². The Morgan fingerprint density at radius 3 is 2.84 bits per heavy atom. The molecule has 19 heavy (non-hydrogen) atoms. The highest BCUT2D eigenvalue weighted by Gasteiger charge is 2.21. The SMILES string of the molecule is CCn1ncc(OC)c1C(N)c1ccc(Br)cc1Cl. The maximum Gasteiger partial charge on any atom is 0.161 e. The first-order valence-corrected chi connectivity index (χ1v) is 7.05. The van der Waals surface area contributed by atoms with Gasteiger partial charge in [0.1, 0.15) is 5.69 Å². The number of methoxy groups -OCH3 is 1. The molecule has 0 aliphatic rings. The zero-order valence-electron chi connectivity index (χ0n) is 10.7. The van der Waals surface area contributed by atoms with Gasteiger partial charge in [-0.3, -0.25) is 4.68 Å². The second-order valence-electron chi connectivity index (χ2n) is 4.06. The van der Waals surface area contributed by atoms with Crippen LogP contribution in [0.25, 0.3) is 0 Å². The molecule has 6 heteroatoms. The number of hydrogen-bond acceptors (Lipinski definition) is 3. The van der Waals surface area contributed by atoms with Crippen LogP contribution in [0.4, 0.5) is 0 Å². The molecule has 1 aromatic heterocycles. The molecule has 4 nitrogen and oxygen atoms in total. The van der Waals surface area contributed by atoms with Crippen LogP contribution in [0.1, 0.15) is 24.2 Å². The highest BCUT2D eigenvalue weighted by atomic mass is 79.9. The van der Waals surface area contributed by atoms with Crippen molar-refractivity contribution in [2.45, 2.75) is 19.5 Å². The van der Waals surface area contributed by atoms with Crippen molar-refractivity contribution >= 4 is 27.5 Å². The van der Waals surface area contributed by atoms with E-state index in [4.69, 9.17) is 22.1 Å². The Balaban J connectivity index is 2.48. The first-order valence-electron chi connectivity index (χ1n) is 5.88. The third kappa shape index (κ3) is 2.78. The summed E-state index contributed by atoms with van der Waals surface area (Å²) in [6.45, 7) is 2.73.